The van der Waals surface area contributed by atoms with E-state index < -0.39 is 0 Å². The molecule has 23 heavy (non-hydrogen) atoms. The van der Waals surface area contributed by atoms with E-state index in [1.807, 2.05) is 18.2 Å². The predicted molar refractivity (Wildman–Crippen MR) is 98.7 cm³/mol. The molecule has 2 N–H and O–H groups in total. The topological polar surface area (TPSA) is 49.8 Å². The van der Waals surface area contributed by atoms with Gasteiger partial charge >= 0.3 is 0 Å². The highest BCUT2D eigenvalue weighted by atomic mass is 35.5. The molecular weight excluding hydrogens is 331 g/mol. The molecule has 6 heteroatoms. The fourth-order valence-electron chi connectivity index (χ4n) is 2.17. The normalized spacial score (nSPS) is 10.6. The summed E-state index contributed by atoms with van der Waals surface area (Å²) in [5.74, 6) is 1.47. The van der Waals surface area contributed by atoms with Crippen LogP contribution >= 0.6 is 23.2 Å². The van der Waals surface area contributed by atoms with Gasteiger partial charge in [0.15, 0.2) is 0 Å². The lowest BCUT2D eigenvalue weighted by Crippen LogP contribution is -2.10. The SMILES string of the molecule is CCCCCNc1ccnc(NCCc2ccc(Cl)cc2Cl)n1. The number of aromatic nitrogens is 2. The second-order valence-electron chi connectivity index (χ2n) is 5.31. The van der Waals surface area contributed by atoms with Crippen molar-refractivity contribution in [1.82, 2.24) is 9.97 Å². The zero-order valence-corrected chi connectivity index (χ0v) is 14.8. The number of anilines is 2. The molecule has 0 saturated heterocycles. The fraction of sp³-hybridized carbons (Fsp3) is 0.412. The van der Waals surface area contributed by atoms with Crippen molar-refractivity contribution in [2.24, 2.45) is 0 Å². The van der Waals surface area contributed by atoms with Crippen molar-refractivity contribution in [3.8, 4) is 0 Å². The van der Waals surface area contributed by atoms with Gasteiger partial charge in [-0.3, -0.25) is 0 Å². The Morgan fingerprint density at radius 3 is 2.70 bits per heavy atom. The number of benzene rings is 1. The molecule has 0 aliphatic heterocycles. The van der Waals surface area contributed by atoms with Crippen LogP contribution < -0.4 is 10.6 Å². The van der Waals surface area contributed by atoms with Gasteiger partial charge in [-0.25, -0.2) is 4.98 Å². The number of hydrogen-bond acceptors (Lipinski definition) is 4. The molecule has 0 spiro atoms. The summed E-state index contributed by atoms with van der Waals surface area (Å²) < 4.78 is 0. The van der Waals surface area contributed by atoms with Gasteiger partial charge in [-0.2, -0.15) is 4.98 Å². The molecule has 4 nitrogen and oxygen atoms in total. The van der Waals surface area contributed by atoms with Gasteiger partial charge in [0, 0.05) is 29.3 Å². The molecule has 2 rings (SSSR count). The van der Waals surface area contributed by atoms with Crippen molar-refractivity contribution in [3.63, 3.8) is 0 Å². The quantitative estimate of drug-likeness (QED) is 0.620. The summed E-state index contributed by atoms with van der Waals surface area (Å²) in [6.45, 7) is 3.84. The molecule has 1 heterocycles. The van der Waals surface area contributed by atoms with E-state index in [0.717, 1.165) is 30.8 Å². The first-order valence-corrected chi connectivity index (χ1v) is 8.69. The summed E-state index contributed by atoms with van der Waals surface area (Å²) in [7, 11) is 0. The van der Waals surface area contributed by atoms with Crippen LogP contribution in [0, 0.1) is 0 Å². The number of hydrogen-bond donors (Lipinski definition) is 2. The second kappa shape index (κ2) is 9.58. The van der Waals surface area contributed by atoms with Gasteiger partial charge in [0.05, 0.1) is 0 Å². The van der Waals surface area contributed by atoms with Crippen molar-refractivity contribution >= 4 is 35.0 Å². The standard InChI is InChI=1S/C17H22Cl2N4/c1-2-3-4-9-20-16-8-11-22-17(23-16)21-10-7-13-5-6-14(18)12-15(13)19/h5-6,8,11-12H,2-4,7,9-10H2,1H3,(H2,20,21,22,23). The molecule has 124 valence electrons. The summed E-state index contributed by atoms with van der Waals surface area (Å²) in [5, 5.41) is 7.88. The lowest BCUT2D eigenvalue weighted by Gasteiger charge is -2.09. The first kappa shape index (κ1) is 17.8. The highest BCUT2D eigenvalue weighted by molar-refractivity contribution is 6.35. The minimum Gasteiger partial charge on any atom is -0.370 e. The monoisotopic (exact) mass is 352 g/mol. The maximum atomic E-state index is 6.17. The van der Waals surface area contributed by atoms with Crippen molar-refractivity contribution in [2.75, 3.05) is 23.7 Å². The van der Waals surface area contributed by atoms with Crippen molar-refractivity contribution in [2.45, 2.75) is 32.6 Å². The third-order valence-corrected chi connectivity index (χ3v) is 4.02. The molecule has 1 aromatic carbocycles. The van der Waals surface area contributed by atoms with Crippen molar-refractivity contribution in [3.05, 3.63) is 46.1 Å². The van der Waals surface area contributed by atoms with E-state index in [0.29, 0.717) is 22.5 Å². The van der Waals surface area contributed by atoms with E-state index in [2.05, 4.69) is 27.5 Å². The summed E-state index contributed by atoms with van der Waals surface area (Å²) >= 11 is 12.1. The maximum absolute atomic E-state index is 6.17. The first-order valence-electron chi connectivity index (χ1n) is 7.93. The van der Waals surface area contributed by atoms with Crippen LogP contribution in [0.1, 0.15) is 31.7 Å². The molecule has 0 fully saturated rings. The maximum Gasteiger partial charge on any atom is 0.224 e. The largest absolute Gasteiger partial charge is 0.370 e. The molecule has 0 radical (unpaired) electrons. The van der Waals surface area contributed by atoms with Crippen LogP contribution in [0.15, 0.2) is 30.5 Å². The van der Waals surface area contributed by atoms with Crippen molar-refractivity contribution in [1.29, 1.82) is 0 Å². The van der Waals surface area contributed by atoms with Gasteiger partial charge in [-0.05, 0) is 36.6 Å². The van der Waals surface area contributed by atoms with Gasteiger partial charge in [0.2, 0.25) is 5.95 Å². The highest BCUT2D eigenvalue weighted by Gasteiger charge is 2.03. The Morgan fingerprint density at radius 2 is 1.91 bits per heavy atom. The summed E-state index contributed by atoms with van der Waals surface area (Å²) in [4.78, 5) is 8.69. The van der Waals surface area contributed by atoms with Crippen LogP contribution in [0.25, 0.3) is 0 Å². The Hall–Kier alpha value is -1.52. The zero-order valence-electron chi connectivity index (χ0n) is 13.3. The van der Waals surface area contributed by atoms with Gasteiger partial charge < -0.3 is 10.6 Å². The van der Waals surface area contributed by atoms with E-state index >= 15 is 0 Å². The summed E-state index contributed by atoms with van der Waals surface area (Å²) in [5.41, 5.74) is 1.05. The van der Waals surface area contributed by atoms with Crippen LogP contribution in [0.3, 0.4) is 0 Å². The fourth-order valence-corrected chi connectivity index (χ4v) is 2.67. The molecule has 0 atom stereocenters. The van der Waals surface area contributed by atoms with Crippen LogP contribution in [0.5, 0.6) is 0 Å². The van der Waals surface area contributed by atoms with Crippen LogP contribution in [-0.2, 0) is 6.42 Å². The van der Waals surface area contributed by atoms with Gasteiger partial charge in [0.25, 0.3) is 0 Å². The number of nitrogens with one attached hydrogen (secondary N) is 2. The smallest absolute Gasteiger partial charge is 0.224 e. The minimum atomic E-state index is 0.621. The summed E-state index contributed by atoms with van der Waals surface area (Å²) in [6.07, 6.45) is 6.13. The Kier molecular flexibility index (Phi) is 7.43. The molecule has 0 saturated carbocycles. The zero-order chi connectivity index (χ0) is 16.5. The van der Waals surface area contributed by atoms with Gasteiger partial charge in [-0.1, -0.05) is 49.0 Å². The van der Waals surface area contributed by atoms with Gasteiger partial charge in [0.1, 0.15) is 5.82 Å². The van der Waals surface area contributed by atoms with Crippen molar-refractivity contribution < 1.29 is 0 Å². The highest BCUT2D eigenvalue weighted by Crippen LogP contribution is 2.21. The predicted octanol–water partition coefficient (Wildman–Crippen LogP) is 5.04. The number of nitrogens with zero attached hydrogens (tertiary/aromatic N) is 2. The lowest BCUT2D eigenvalue weighted by atomic mass is 10.1. The van der Waals surface area contributed by atoms with E-state index in [1.54, 1.807) is 12.3 Å². The molecular formula is C17H22Cl2N4. The Morgan fingerprint density at radius 1 is 1.04 bits per heavy atom. The minimum absolute atomic E-state index is 0.621. The lowest BCUT2D eigenvalue weighted by molar-refractivity contribution is 0.742. The van der Waals surface area contributed by atoms with Crippen LogP contribution in [-0.4, -0.2) is 23.1 Å². The van der Waals surface area contributed by atoms with Crippen LogP contribution in [0.2, 0.25) is 10.0 Å². The number of halogens is 2. The third kappa shape index (κ3) is 6.24. The van der Waals surface area contributed by atoms with E-state index in [4.69, 9.17) is 23.2 Å². The number of rotatable bonds is 9. The number of unbranched alkanes of at least 4 members (excludes halogenated alkanes) is 2. The van der Waals surface area contributed by atoms with Gasteiger partial charge in [-0.15, -0.1) is 0 Å². The molecule has 0 aliphatic rings. The molecule has 0 unspecified atom stereocenters. The molecule has 0 aliphatic carbocycles. The Balaban J connectivity index is 1.81. The first-order chi connectivity index (χ1) is 11.2. The molecule has 2 aromatic rings. The third-order valence-electron chi connectivity index (χ3n) is 3.43. The summed E-state index contributed by atoms with van der Waals surface area (Å²) in [6, 6.07) is 7.43. The van der Waals surface area contributed by atoms with E-state index in [-0.39, 0.29) is 0 Å². The van der Waals surface area contributed by atoms with E-state index in [1.165, 1.54) is 12.8 Å². The average molecular weight is 353 g/mol. The molecule has 0 bridgehead atoms. The van der Waals surface area contributed by atoms with E-state index in [9.17, 15) is 0 Å². The second-order valence-corrected chi connectivity index (χ2v) is 6.16. The Bertz CT molecular complexity index is 619. The Labute approximate surface area is 147 Å². The molecule has 0 amide bonds. The van der Waals surface area contributed by atoms with Crippen LogP contribution in [0.4, 0.5) is 11.8 Å². The average Bonchev–Trinajstić information content (AvgIpc) is 2.54. The molecule has 1 aromatic heterocycles.